The van der Waals surface area contributed by atoms with Crippen LogP contribution in [0.5, 0.6) is 0 Å². The van der Waals surface area contributed by atoms with Gasteiger partial charge in [-0.3, -0.25) is 4.98 Å². The third-order valence-corrected chi connectivity index (χ3v) is 7.01. The smallest absolute Gasteiger partial charge is 0.0803 e. The van der Waals surface area contributed by atoms with Gasteiger partial charge in [-0.05, 0) is 63.2 Å². The van der Waals surface area contributed by atoms with Crippen LogP contribution in [-0.2, 0) is 6.42 Å². The zero-order valence-electron chi connectivity index (χ0n) is 17.8. The molecule has 146 valence electrons. The zero-order valence-corrected chi connectivity index (χ0v) is 18.7. The van der Waals surface area contributed by atoms with E-state index >= 15 is 0 Å². The van der Waals surface area contributed by atoms with E-state index in [-0.39, 0.29) is 5.41 Å². The van der Waals surface area contributed by atoms with Crippen LogP contribution in [0.2, 0.25) is 0 Å². The predicted octanol–water partition coefficient (Wildman–Crippen LogP) is 8.23. The van der Waals surface area contributed by atoms with Crippen molar-refractivity contribution in [1.29, 1.82) is 0 Å². The van der Waals surface area contributed by atoms with Gasteiger partial charge in [-0.2, -0.15) is 0 Å². The summed E-state index contributed by atoms with van der Waals surface area (Å²) in [7, 11) is 0. The van der Waals surface area contributed by atoms with E-state index in [0.29, 0.717) is 5.92 Å². The average Bonchev–Trinajstić information content (AvgIpc) is 2.67. The number of aromatic nitrogens is 1. The molecule has 0 N–H and O–H groups in total. The summed E-state index contributed by atoms with van der Waals surface area (Å²) in [6.45, 7) is 11.5. The number of pyridine rings is 1. The third-order valence-electron chi connectivity index (χ3n) is 5.79. The number of hydrogen-bond acceptors (Lipinski definition) is 2. The van der Waals surface area contributed by atoms with E-state index in [2.05, 4.69) is 83.1 Å². The fourth-order valence-electron chi connectivity index (χ4n) is 4.43. The monoisotopic (exact) mass is 397 g/mol. The van der Waals surface area contributed by atoms with E-state index in [0.717, 1.165) is 12.1 Å². The molecule has 0 spiro atoms. The van der Waals surface area contributed by atoms with Crippen LogP contribution in [0.1, 0.15) is 51.7 Å². The quantitative estimate of drug-likeness (QED) is 0.297. The minimum Gasteiger partial charge on any atom is -0.256 e. The second-order valence-corrected chi connectivity index (χ2v) is 10.8. The van der Waals surface area contributed by atoms with Gasteiger partial charge >= 0.3 is 0 Å². The average molecular weight is 398 g/mol. The first-order valence-electron chi connectivity index (χ1n) is 10.5. The SMILES string of the molecule is CC(C)c1cc2c3c(nccc3c1)-c1cc3ccccc3c(CC(C)(C)C)c1S2. The molecule has 29 heavy (non-hydrogen) atoms. The predicted molar refractivity (Wildman–Crippen MR) is 126 cm³/mol. The summed E-state index contributed by atoms with van der Waals surface area (Å²) in [4.78, 5) is 7.63. The summed E-state index contributed by atoms with van der Waals surface area (Å²) in [5, 5.41) is 5.31. The summed E-state index contributed by atoms with van der Waals surface area (Å²) < 4.78 is 0. The standard InChI is InChI=1S/C27H27NS/c1-16(2)19-12-18-10-11-28-25-21-13-17-8-6-7-9-20(17)22(15-27(3,4)5)26(21)29-23(14-19)24(18)25/h6-14,16H,15H2,1-5H3. The van der Waals surface area contributed by atoms with Crippen molar-refractivity contribution in [2.45, 2.75) is 56.7 Å². The summed E-state index contributed by atoms with van der Waals surface area (Å²) in [6, 6.07) is 18.1. The number of nitrogens with zero attached hydrogens (tertiary/aromatic N) is 1. The van der Waals surface area contributed by atoms with Crippen molar-refractivity contribution in [3.8, 4) is 11.3 Å². The Balaban J connectivity index is 1.87. The van der Waals surface area contributed by atoms with Crippen molar-refractivity contribution in [3.63, 3.8) is 0 Å². The molecule has 0 fully saturated rings. The molecule has 4 aromatic rings. The highest BCUT2D eigenvalue weighted by Gasteiger charge is 2.27. The molecule has 1 aliphatic heterocycles. The van der Waals surface area contributed by atoms with Gasteiger partial charge in [0.25, 0.3) is 0 Å². The van der Waals surface area contributed by atoms with E-state index in [9.17, 15) is 0 Å². The summed E-state index contributed by atoms with van der Waals surface area (Å²) in [6.07, 6.45) is 3.03. The Morgan fingerprint density at radius 1 is 0.966 bits per heavy atom. The van der Waals surface area contributed by atoms with Gasteiger partial charge in [0.2, 0.25) is 0 Å². The maximum absolute atomic E-state index is 4.88. The van der Waals surface area contributed by atoms with E-state index < -0.39 is 0 Å². The minimum atomic E-state index is 0.220. The highest BCUT2D eigenvalue weighted by atomic mass is 32.2. The summed E-state index contributed by atoms with van der Waals surface area (Å²) in [5.41, 5.74) is 5.53. The number of benzene rings is 3. The Labute approximate surface area is 177 Å². The highest BCUT2D eigenvalue weighted by Crippen LogP contribution is 2.51. The maximum Gasteiger partial charge on any atom is 0.0803 e. The third kappa shape index (κ3) is 3.14. The Hall–Kier alpha value is -2.32. The van der Waals surface area contributed by atoms with Gasteiger partial charge in [0.15, 0.2) is 0 Å². The molecule has 0 radical (unpaired) electrons. The second kappa shape index (κ2) is 6.60. The van der Waals surface area contributed by atoms with Crippen molar-refractivity contribution in [2.24, 2.45) is 5.41 Å². The van der Waals surface area contributed by atoms with E-state index in [1.54, 1.807) is 0 Å². The van der Waals surface area contributed by atoms with E-state index in [4.69, 9.17) is 4.98 Å². The van der Waals surface area contributed by atoms with Crippen LogP contribution in [0, 0.1) is 5.41 Å². The molecular formula is C27H27NS. The molecule has 5 rings (SSSR count). The summed E-state index contributed by atoms with van der Waals surface area (Å²) >= 11 is 1.95. The minimum absolute atomic E-state index is 0.220. The number of fused-ring (bicyclic) bond motifs is 3. The fraction of sp³-hybridized carbons (Fsp3) is 0.296. The van der Waals surface area contributed by atoms with Gasteiger partial charge in [-0.1, -0.05) is 76.7 Å². The molecule has 3 aromatic carbocycles. The van der Waals surface area contributed by atoms with Gasteiger partial charge in [0.1, 0.15) is 0 Å². The molecule has 0 saturated heterocycles. The first kappa shape index (κ1) is 18.7. The van der Waals surface area contributed by atoms with E-state index in [1.165, 1.54) is 48.0 Å². The molecule has 2 heterocycles. The largest absolute Gasteiger partial charge is 0.256 e. The molecule has 1 aromatic heterocycles. The number of rotatable bonds is 2. The summed E-state index contributed by atoms with van der Waals surface area (Å²) in [5.74, 6) is 0.514. The van der Waals surface area contributed by atoms with E-state index in [1.807, 2.05) is 18.0 Å². The Morgan fingerprint density at radius 2 is 1.76 bits per heavy atom. The molecule has 2 heteroatoms. The Morgan fingerprint density at radius 3 is 2.52 bits per heavy atom. The van der Waals surface area contributed by atoms with Crippen LogP contribution in [-0.4, -0.2) is 4.98 Å². The van der Waals surface area contributed by atoms with Gasteiger partial charge in [-0.15, -0.1) is 0 Å². The Kier molecular flexibility index (Phi) is 4.25. The van der Waals surface area contributed by atoms with Crippen molar-refractivity contribution in [3.05, 3.63) is 65.9 Å². The molecular weight excluding hydrogens is 370 g/mol. The first-order valence-corrected chi connectivity index (χ1v) is 11.3. The molecule has 0 unspecified atom stereocenters. The van der Waals surface area contributed by atoms with Crippen LogP contribution in [0.3, 0.4) is 0 Å². The molecule has 0 saturated carbocycles. The molecule has 1 nitrogen and oxygen atoms in total. The molecule has 0 aliphatic carbocycles. The van der Waals surface area contributed by atoms with Crippen molar-refractivity contribution in [1.82, 2.24) is 4.98 Å². The Bertz CT molecular complexity index is 1260. The maximum atomic E-state index is 4.88. The normalized spacial score (nSPS) is 13.3. The van der Waals surface area contributed by atoms with Crippen LogP contribution in [0.4, 0.5) is 0 Å². The van der Waals surface area contributed by atoms with Crippen LogP contribution in [0.15, 0.2) is 64.5 Å². The molecule has 0 atom stereocenters. The van der Waals surface area contributed by atoms with Gasteiger partial charge in [-0.25, -0.2) is 0 Å². The van der Waals surface area contributed by atoms with Crippen LogP contribution in [0.25, 0.3) is 32.8 Å². The van der Waals surface area contributed by atoms with Crippen LogP contribution < -0.4 is 0 Å². The van der Waals surface area contributed by atoms with Crippen molar-refractivity contribution in [2.75, 3.05) is 0 Å². The van der Waals surface area contributed by atoms with Gasteiger partial charge in [0, 0.05) is 26.9 Å². The number of hydrogen-bond donors (Lipinski definition) is 0. The van der Waals surface area contributed by atoms with Gasteiger partial charge in [0.05, 0.1) is 5.69 Å². The molecule has 0 amide bonds. The first-order chi connectivity index (χ1) is 13.8. The molecule has 1 aliphatic rings. The lowest BCUT2D eigenvalue weighted by atomic mass is 9.84. The highest BCUT2D eigenvalue weighted by molar-refractivity contribution is 7.99. The van der Waals surface area contributed by atoms with Crippen molar-refractivity contribution < 1.29 is 0 Å². The topological polar surface area (TPSA) is 12.9 Å². The van der Waals surface area contributed by atoms with Crippen molar-refractivity contribution >= 4 is 33.3 Å². The van der Waals surface area contributed by atoms with Crippen LogP contribution >= 0.6 is 11.8 Å². The zero-order chi connectivity index (χ0) is 20.3. The lowest BCUT2D eigenvalue weighted by Crippen LogP contribution is -2.12. The van der Waals surface area contributed by atoms with Gasteiger partial charge < -0.3 is 0 Å². The lowest BCUT2D eigenvalue weighted by Gasteiger charge is -2.27. The molecule has 0 bridgehead atoms. The second-order valence-electron chi connectivity index (χ2n) is 9.72. The lowest BCUT2D eigenvalue weighted by molar-refractivity contribution is 0.410. The fourth-order valence-corrected chi connectivity index (χ4v) is 5.73.